The molecule has 0 atom stereocenters. The van der Waals surface area contributed by atoms with Crippen LogP contribution < -0.4 is 14.4 Å². The first-order chi connectivity index (χ1) is 14.5. The number of carbonyl (C=O) groups excluding carboxylic acids is 1. The summed E-state index contributed by atoms with van der Waals surface area (Å²) >= 11 is 0. The number of hydrogen-bond donors (Lipinski definition) is 0. The van der Waals surface area contributed by atoms with Crippen LogP contribution in [0.25, 0.3) is 5.57 Å². The lowest BCUT2D eigenvalue weighted by Crippen LogP contribution is -2.36. The zero-order chi connectivity index (χ0) is 21.5. The Kier molecular flexibility index (Phi) is 6.86. The Morgan fingerprint density at radius 1 is 0.900 bits per heavy atom. The van der Waals surface area contributed by atoms with Crippen molar-refractivity contribution >= 4 is 17.2 Å². The Morgan fingerprint density at radius 2 is 1.43 bits per heavy atom. The predicted octanol–water partition coefficient (Wildman–Crippen LogP) is 4.97. The van der Waals surface area contributed by atoms with E-state index in [2.05, 4.69) is 4.98 Å². The number of rotatable bonds is 7. The monoisotopic (exact) mass is 402 g/mol. The number of anilines is 1. The van der Waals surface area contributed by atoms with Crippen LogP contribution in [0.3, 0.4) is 0 Å². The fourth-order valence-corrected chi connectivity index (χ4v) is 3.24. The van der Waals surface area contributed by atoms with E-state index in [9.17, 15) is 4.79 Å². The van der Waals surface area contributed by atoms with Gasteiger partial charge in [0.15, 0.2) is 0 Å². The van der Waals surface area contributed by atoms with E-state index in [1.807, 2.05) is 74.5 Å². The molecular weight excluding hydrogens is 376 g/mol. The van der Waals surface area contributed by atoms with Gasteiger partial charge in [0.2, 0.25) is 0 Å². The van der Waals surface area contributed by atoms with Gasteiger partial charge in [-0.1, -0.05) is 24.3 Å². The molecule has 0 aliphatic carbocycles. The number of nitrogens with zero attached hydrogens (tertiary/aromatic N) is 2. The van der Waals surface area contributed by atoms with Crippen LogP contribution in [0, 0.1) is 0 Å². The van der Waals surface area contributed by atoms with E-state index in [0.717, 1.165) is 33.9 Å². The van der Waals surface area contributed by atoms with E-state index in [1.54, 1.807) is 37.6 Å². The second kappa shape index (κ2) is 9.74. The van der Waals surface area contributed by atoms with E-state index < -0.39 is 0 Å². The van der Waals surface area contributed by atoms with Crippen LogP contribution in [0.2, 0.25) is 0 Å². The molecule has 1 amide bonds. The Hall–Kier alpha value is -3.60. The molecule has 3 aromatic rings. The molecule has 154 valence electrons. The normalized spacial score (nSPS) is 10.4. The number of methoxy groups -OCH3 is 2. The number of benzene rings is 2. The fourth-order valence-electron chi connectivity index (χ4n) is 3.24. The summed E-state index contributed by atoms with van der Waals surface area (Å²) in [4.78, 5) is 19.3. The Bertz CT molecular complexity index is 945. The van der Waals surface area contributed by atoms with Gasteiger partial charge in [-0.25, -0.2) is 0 Å². The van der Waals surface area contributed by atoms with E-state index in [0.29, 0.717) is 0 Å². The molecule has 0 fully saturated rings. The topological polar surface area (TPSA) is 51.7 Å². The molecule has 0 bridgehead atoms. The van der Waals surface area contributed by atoms with Crippen LogP contribution in [0.15, 0.2) is 79.1 Å². The largest absolute Gasteiger partial charge is 0.497 e. The van der Waals surface area contributed by atoms with Crippen LogP contribution in [0.4, 0.5) is 5.69 Å². The molecule has 0 radical (unpaired) electrons. The van der Waals surface area contributed by atoms with Crippen LogP contribution in [-0.4, -0.2) is 31.2 Å². The lowest BCUT2D eigenvalue weighted by Gasteiger charge is -2.25. The maximum Gasteiger partial charge on any atom is 0.251 e. The minimum Gasteiger partial charge on any atom is -0.497 e. The van der Waals surface area contributed by atoms with Crippen molar-refractivity contribution in [2.45, 2.75) is 19.9 Å². The molecule has 1 heterocycles. The molecule has 5 heteroatoms. The summed E-state index contributed by atoms with van der Waals surface area (Å²) < 4.78 is 10.6. The summed E-state index contributed by atoms with van der Waals surface area (Å²) in [5.74, 6) is 1.41. The number of pyridine rings is 1. The summed E-state index contributed by atoms with van der Waals surface area (Å²) in [6, 6.07) is 19.0. The van der Waals surface area contributed by atoms with Crippen molar-refractivity contribution in [3.05, 3.63) is 90.3 Å². The third-order valence-electron chi connectivity index (χ3n) is 4.75. The molecule has 30 heavy (non-hydrogen) atoms. The lowest BCUT2D eigenvalue weighted by molar-refractivity contribution is -0.114. The molecule has 0 saturated heterocycles. The Morgan fingerprint density at radius 3 is 1.83 bits per heavy atom. The molecule has 2 aromatic carbocycles. The van der Waals surface area contributed by atoms with Gasteiger partial charge in [0.1, 0.15) is 11.5 Å². The number of amides is 1. The van der Waals surface area contributed by atoms with Crippen LogP contribution in [-0.2, 0) is 4.79 Å². The van der Waals surface area contributed by atoms with Crippen molar-refractivity contribution in [2.75, 3.05) is 19.1 Å². The third-order valence-corrected chi connectivity index (χ3v) is 4.75. The number of aromatic nitrogens is 1. The van der Waals surface area contributed by atoms with Crippen LogP contribution in [0.1, 0.15) is 25.0 Å². The molecule has 0 unspecified atom stereocenters. The van der Waals surface area contributed by atoms with Gasteiger partial charge < -0.3 is 14.4 Å². The van der Waals surface area contributed by atoms with Crippen molar-refractivity contribution in [3.8, 4) is 11.5 Å². The highest BCUT2D eigenvalue weighted by atomic mass is 16.5. The molecule has 0 saturated carbocycles. The van der Waals surface area contributed by atoms with Gasteiger partial charge in [-0.15, -0.1) is 0 Å². The molecule has 0 aliphatic heterocycles. The summed E-state index contributed by atoms with van der Waals surface area (Å²) in [5, 5.41) is 0. The zero-order valence-corrected chi connectivity index (χ0v) is 17.7. The van der Waals surface area contributed by atoms with Gasteiger partial charge in [0, 0.05) is 18.3 Å². The molecule has 0 aliphatic rings. The van der Waals surface area contributed by atoms with Gasteiger partial charge >= 0.3 is 0 Å². The van der Waals surface area contributed by atoms with E-state index in [-0.39, 0.29) is 11.9 Å². The first-order valence-corrected chi connectivity index (χ1v) is 9.77. The minimum absolute atomic E-state index is 0.0223. The smallest absolute Gasteiger partial charge is 0.251 e. The number of hydrogen-bond acceptors (Lipinski definition) is 4. The highest BCUT2D eigenvalue weighted by Crippen LogP contribution is 2.28. The minimum atomic E-state index is -0.111. The summed E-state index contributed by atoms with van der Waals surface area (Å²) in [7, 11) is 3.26. The van der Waals surface area contributed by atoms with Crippen molar-refractivity contribution in [3.63, 3.8) is 0 Å². The first kappa shape index (κ1) is 21.1. The van der Waals surface area contributed by atoms with Gasteiger partial charge in [0.05, 0.1) is 26.1 Å². The molecule has 5 nitrogen and oxygen atoms in total. The van der Waals surface area contributed by atoms with Crippen LogP contribution in [0.5, 0.6) is 11.5 Å². The number of carbonyl (C=O) groups is 1. The predicted molar refractivity (Wildman–Crippen MR) is 120 cm³/mol. The molecule has 0 spiro atoms. The second-order valence-corrected chi connectivity index (χ2v) is 7.03. The summed E-state index contributed by atoms with van der Waals surface area (Å²) in [6.07, 6.45) is 5.07. The molecule has 1 aromatic heterocycles. The highest BCUT2D eigenvalue weighted by Gasteiger charge is 2.19. The van der Waals surface area contributed by atoms with Gasteiger partial charge in [-0.2, -0.15) is 0 Å². The van der Waals surface area contributed by atoms with Crippen molar-refractivity contribution in [1.82, 2.24) is 4.98 Å². The van der Waals surface area contributed by atoms with Crippen molar-refractivity contribution in [2.24, 2.45) is 0 Å². The molecular formula is C25H26N2O3. The van der Waals surface area contributed by atoms with Crippen LogP contribution >= 0.6 is 0 Å². The summed E-state index contributed by atoms with van der Waals surface area (Å²) in [5.41, 5.74) is 3.42. The standard InChI is InChI=1S/C25H26N2O3/c1-18(2)27(21-6-5-15-26-17-21)25(28)16-24(19-7-11-22(29-3)12-8-19)20-9-13-23(30-4)14-10-20/h5-18H,1-4H3. The number of ether oxygens (including phenoxy) is 2. The van der Waals surface area contributed by atoms with Gasteiger partial charge in [-0.05, 0) is 66.9 Å². The average Bonchev–Trinajstić information content (AvgIpc) is 2.78. The van der Waals surface area contributed by atoms with Gasteiger partial charge in [-0.3, -0.25) is 9.78 Å². The fraction of sp³-hybridized carbons (Fsp3) is 0.200. The average molecular weight is 402 g/mol. The third kappa shape index (κ3) is 4.87. The van der Waals surface area contributed by atoms with E-state index >= 15 is 0 Å². The lowest BCUT2D eigenvalue weighted by atomic mass is 9.97. The Balaban J connectivity index is 2.07. The SMILES string of the molecule is COc1ccc(C(=CC(=O)N(c2cccnc2)C(C)C)c2ccc(OC)cc2)cc1. The first-order valence-electron chi connectivity index (χ1n) is 9.77. The van der Waals surface area contributed by atoms with Crippen molar-refractivity contribution < 1.29 is 14.3 Å². The van der Waals surface area contributed by atoms with Crippen molar-refractivity contribution in [1.29, 1.82) is 0 Å². The van der Waals surface area contributed by atoms with E-state index in [4.69, 9.17) is 9.47 Å². The summed E-state index contributed by atoms with van der Waals surface area (Å²) in [6.45, 7) is 3.97. The second-order valence-electron chi connectivity index (χ2n) is 7.03. The zero-order valence-electron chi connectivity index (χ0n) is 17.7. The maximum atomic E-state index is 13.4. The van der Waals surface area contributed by atoms with Gasteiger partial charge in [0.25, 0.3) is 5.91 Å². The highest BCUT2D eigenvalue weighted by molar-refractivity contribution is 6.08. The van der Waals surface area contributed by atoms with E-state index in [1.165, 1.54) is 0 Å². The molecule has 3 rings (SSSR count). The molecule has 0 N–H and O–H groups in total. The quantitative estimate of drug-likeness (QED) is 0.524. The maximum absolute atomic E-state index is 13.4. The Labute approximate surface area is 177 Å².